The van der Waals surface area contributed by atoms with Crippen molar-refractivity contribution in [3.8, 4) is 0 Å². The Balaban J connectivity index is 1.28. The highest BCUT2D eigenvalue weighted by atomic mass is 35.5. The molecule has 0 aliphatic carbocycles. The number of likely N-dealkylation sites (tertiary alicyclic amines) is 1. The maximum atomic E-state index is 13.6. The second-order valence-corrected chi connectivity index (χ2v) is 10.2. The van der Waals surface area contributed by atoms with Crippen LogP contribution in [0.2, 0.25) is 5.02 Å². The fourth-order valence-corrected chi connectivity index (χ4v) is 5.55. The van der Waals surface area contributed by atoms with E-state index in [0.717, 1.165) is 49.2 Å². The summed E-state index contributed by atoms with van der Waals surface area (Å²) >= 11 is 6.57. The first kappa shape index (κ1) is 23.8. The first-order valence-electron chi connectivity index (χ1n) is 12.5. The maximum absolute atomic E-state index is 13.6. The summed E-state index contributed by atoms with van der Waals surface area (Å²) in [7, 11) is 0. The van der Waals surface area contributed by atoms with Crippen molar-refractivity contribution in [2.75, 3.05) is 19.6 Å². The fourth-order valence-electron chi connectivity index (χ4n) is 5.29. The van der Waals surface area contributed by atoms with Gasteiger partial charge in [0, 0.05) is 11.4 Å². The fraction of sp³-hybridized carbons (Fsp3) is 0.333. The minimum absolute atomic E-state index is 0.0408. The molecule has 3 aromatic rings. The number of rotatable bonds is 6. The number of halogens is 1. The Morgan fingerprint density at radius 3 is 2.46 bits per heavy atom. The highest BCUT2D eigenvalue weighted by Crippen LogP contribution is 2.36. The van der Waals surface area contributed by atoms with E-state index in [9.17, 15) is 4.79 Å². The first-order chi connectivity index (χ1) is 17.1. The molecule has 0 saturated carbocycles. The van der Waals surface area contributed by atoms with Gasteiger partial charge in [-0.3, -0.25) is 9.69 Å². The third-order valence-electron chi connectivity index (χ3n) is 7.21. The molecule has 2 heterocycles. The molecule has 3 aromatic carbocycles. The second kappa shape index (κ2) is 10.8. The molecular weight excluding hydrogens is 454 g/mol. The summed E-state index contributed by atoms with van der Waals surface area (Å²) in [6, 6.07) is 26.7. The van der Waals surface area contributed by atoms with Crippen LogP contribution in [0.3, 0.4) is 0 Å². The number of amides is 1. The van der Waals surface area contributed by atoms with Gasteiger partial charge < -0.3 is 0 Å². The number of carbonyl (C=O) groups excluding carboxylic acids is 1. The maximum Gasteiger partial charge on any atom is 0.257 e. The van der Waals surface area contributed by atoms with E-state index in [2.05, 4.69) is 60.4 Å². The normalized spacial score (nSPS) is 19.1. The number of carbonyl (C=O) groups is 1. The average molecular weight is 486 g/mol. The zero-order valence-corrected chi connectivity index (χ0v) is 21.0. The van der Waals surface area contributed by atoms with E-state index in [-0.39, 0.29) is 11.9 Å². The third-order valence-corrected chi connectivity index (χ3v) is 7.56. The molecular formula is C30H32ClN3O. The smallest absolute Gasteiger partial charge is 0.257 e. The largest absolute Gasteiger partial charge is 0.294 e. The second-order valence-electron chi connectivity index (χ2n) is 9.81. The number of nitrogens with zero attached hydrogens (tertiary/aromatic N) is 3. The molecule has 5 rings (SSSR count). The van der Waals surface area contributed by atoms with Crippen LogP contribution in [0.25, 0.3) is 0 Å². The van der Waals surface area contributed by atoms with Crippen molar-refractivity contribution in [3.05, 3.63) is 106 Å². The van der Waals surface area contributed by atoms with Crippen molar-refractivity contribution >= 4 is 23.2 Å². The van der Waals surface area contributed by atoms with Gasteiger partial charge in [-0.1, -0.05) is 90.0 Å². The van der Waals surface area contributed by atoms with E-state index < -0.39 is 0 Å². The van der Waals surface area contributed by atoms with Gasteiger partial charge in [-0.2, -0.15) is 5.10 Å². The Morgan fingerprint density at radius 2 is 1.71 bits per heavy atom. The number of benzene rings is 3. The highest BCUT2D eigenvalue weighted by molar-refractivity contribution is 6.31. The minimum atomic E-state index is -0.178. The Labute approximate surface area is 213 Å². The summed E-state index contributed by atoms with van der Waals surface area (Å²) in [6.07, 6.45) is 4.02. The van der Waals surface area contributed by atoms with E-state index in [0.29, 0.717) is 23.9 Å². The number of hydrogen-bond acceptors (Lipinski definition) is 3. The zero-order chi connectivity index (χ0) is 24.2. The standard InChI is InChI=1S/C30H32ClN3O/c1-22-8-7-11-25(18-22)28-20-29(26-12-5-6-13-27(26)31)34(32-28)30(35)21-33-16-14-24(15-17-33)19-23-9-3-2-4-10-23/h2-13,18,24,29H,14-17,19-21H2,1H3/t29-/m0/s1. The van der Waals surface area contributed by atoms with Crippen LogP contribution in [0.1, 0.15) is 47.6 Å². The van der Waals surface area contributed by atoms with Crippen LogP contribution in [0, 0.1) is 12.8 Å². The number of hydrogen-bond donors (Lipinski definition) is 0. The Kier molecular flexibility index (Phi) is 7.31. The van der Waals surface area contributed by atoms with Crippen LogP contribution in [-0.2, 0) is 11.2 Å². The van der Waals surface area contributed by atoms with Crippen LogP contribution < -0.4 is 0 Å². The van der Waals surface area contributed by atoms with Gasteiger partial charge in [-0.05, 0) is 68.0 Å². The third kappa shape index (κ3) is 5.66. The summed E-state index contributed by atoms with van der Waals surface area (Å²) < 4.78 is 0. The molecule has 1 atom stereocenters. The van der Waals surface area contributed by atoms with E-state index in [1.807, 2.05) is 30.3 Å². The summed E-state index contributed by atoms with van der Waals surface area (Å²) in [5.74, 6) is 0.719. The van der Waals surface area contributed by atoms with Crippen molar-refractivity contribution in [2.45, 2.75) is 38.6 Å². The molecule has 4 nitrogen and oxygen atoms in total. The van der Waals surface area contributed by atoms with Gasteiger partial charge in [-0.15, -0.1) is 0 Å². The number of hydrazone groups is 1. The molecule has 0 bridgehead atoms. The lowest BCUT2D eigenvalue weighted by molar-refractivity contribution is -0.134. The van der Waals surface area contributed by atoms with Crippen molar-refractivity contribution in [1.29, 1.82) is 0 Å². The molecule has 35 heavy (non-hydrogen) atoms. The molecule has 2 aliphatic rings. The van der Waals surface area contributed by atoms with Gasteiger partial charge in [0.2, 0.25) is 0 Å². The van der Waals surface area contributed by atoms with Crippen molar-refractivity contribution in [1.82, 2.24) is 9.91 Å². The number of aryl methyl sites for hydroxylation is 1. The minimum Gasteiger partial charge on any atom is -0.294 e. The van der Waals surface area contributed by atoms with Crippen LogP contribution in [0.15, 0.2) is 84.0 Å². The monoisotopic (exact) mass is 485 g/mol. The average Bonchev–Trinajstić information content (AvgIpc) is 3.32. The van der Waals surface area contributed by atoms with Gasteiger partial charge in [-0.25, -0.2) is 5.01 Å². The van der Waals surface area contributed by atoms with Crippen molar-refractivity contribution < 1.29 is 4.79 Å². The predicted molar refractivity (Wildman–Crippen MR) is 143 cm³/mol. The summed E-state index contributed by atoms with van der Waals surface area (Å²) in [6.45, 7) is 4.36. The molecule has 0 N–H and O–H groups in total. The summed E-state index contributed by atoms with van der Waals surface area (Å²) in [5.41, 5.74) is 5.55. The quantitative estimate of drug-likeness (QED) is 0.412. The lowest BCUT2D eigenvalue weighted by atomic mass is 9.90. The van der Waals surface area contributed by atoms with Crippen LogP contribution in [-0.4, -0.2) is 41.2 Å². The van der Waals surface area contributed by atoms with Gasteiger partial charge in [0.25, 0.3) is 5.91 Å². The van der Waals surface area contributed by atoms with Crippen molar-refractivity contribution in [3.63, 3.8) is 0 Å². The Bertz CT molecular complexity index is 1200. The summed E-state index contributed by atoms with van der Waals surface area (Å²) in [4.78, 5) is 15.8. The Morgan fingerprint density at radius 1 is 0.971 bits per heavy atom. The molecule has 180 valence electrons. The van der Waals surface area contributed by atoms with E-state index >= 15 is 0 Å². The predicted octanol–water partition coefficient (Wildman–Crippen LogP) is 6.28. The van der Waals surface area contributed by atoms with Gasteiger partial charge >= 0.3 is 0 Å². The molecule has 1 saturated heterocycles. The zero-order valence-electron chi connectivity index (χ0n) is 20.2. The van der Waals surface area contributed by atoms with Gasteiger partial charge in [0.05, 0.1) is 18.3 Å². The van der Waals surface area contributed by atoms with Crippen LogP contribution in [0.5, 0.6) is 0 Å². The van der Waals surface area contributed by atoms with E-state index in [1.165, 1.54) is 11.1 Å². The highest BCUT2D eigenvalue weighted by Gasteiger charge is 2.35. The number of piperidine rings is 1. The van der Waals surface area contributed by atoms with Crippen molar-refractivity contribution in [2.24, 2.45) is 11.0 Å². The molecule has 0 unspecified atom stereocenters. The van der Waals surface area contributed by atoms with Gasteiger partial charge in [0.15, 0.2) is 0 Å². The molecule has 1 fully saturated rings. The molecule has 0 radical (unpaired) electrons. The van der Waals surface area contributed by atoms with E-state index in [1.54, 1.807) is 5.01 Å². The van der Waals surface area contributed by atoms with Crippen LogP contribution >= 0.6 is 11.6 Å². The molecule has 1 amide bonds. The SMILES string of the molecule is Cc1cccc(C2=NN(C(=O)CN3CCC(Cc4ccccc4)CC3)[C@H](c3ccccc3Cl)C2)c1. The van der Waals surface area contributed by atoms with E-state index in [4.69, 9.17) is 16.7 Å². The Hall–Kier alpha value is -2.95. The van der Waals surface area contributed by atoms with Crippen LogP contribution in [0.4, 0.5) is 0 Å². The summed E-state index contributed by atoms with van der Waals surface area (Å²) in [5, 5.41) is 7.22. The molecule has 5 heteroatoms. The topological polar surface area (TPSA) is 35.9 Å². The lowest BCUT2D eigenvalue weighted by Crippen LogP contribution is -2.42. The molecule has 0 spiro atoms. The molecule has 0 aromatic heterocycles. The first-order valence-corrected chi connectivity index (χ1v) is 12.9. The molecule has 2 aliphatic heterocycles. The lowest BCUT2D eigenvalue weighted by Gasteiger charge is -2.33. The van der Waals surface area contributed by atoms with Gasteiger partial charge in [0.1, 0.15) is 0 Å².